The molecule has 0 aliphatic heterocycles. The van der Waals surface area contributed by atoms with Crippen molar-refractivity contribution in [3.8, 4) is 5.75 Å². The molecule has 0 saturated heterocycles. The lowest BCUT2D eigenvalue weighted by Crippen LogP contribution is -2.23. The van der Waals surface area contributed by atoms with E-state index in [-0.39, 0.29) is 5.75 Å². The second kappa shape index (κ2) is 3.60. The molecule has 0 fully saturated rings. The third-order valence-corrected chi connectivity index (χ3v) is 3.57. The SMILES string of the molecule is Oc1ccccc1C1(O)CCc2ccccc21. The lowest BCUT2D eigenvalue weighted by atomic mass is 9.87. The average Bonchev–Trinajstić information content (AvgIpc) is 2.70. The molecule has 1 atom stereocenters. The summed E-state index contributed by atoms with van der Waals surface area (Å²) in [5, 5.41) is 20.7. The molecule has 86 valence electrons. The van der Waals surface area contributed by atoms with Gasteiger partial charge in [-0.1, -0.05) is 42.5 Å². The van der Waals surface area contributed by atoms with Gasteiger partial charge in [-0.3, -0.25) is 0 Å². The predicted octanol–water partition coefficient (Wildman–Crippen LogP) is 2.57. The van der Waals surface area contributed by atoms with Crippen molar-refractivity contribution in [3.05, 3.63) is 65.2 Å². The first kappa shape index (κ1) is 10.4. The molecule has 0 heterocycles. The number of hydrogen-bond acceptors (Lipinski definition) is 2. The van der Waals surface area contributed by atoms with Crippen molar-refractivity contribution in [1.29, 1.82) is 0 Å². The normalized spacial score (nSPS) is 22.4. The summed E-state index contributed by atoms with van der Waals surface area (Å²) >= 11 is 0. The van der Waals surface area contributed by atoms with E-state index in [4.69, 9.17) is 0 Å². The Morgan fingerprint density at radius 1 is 0.882 bits per heavy atom. The van der Waals surface area contributed by atoms with Crippen molar-refractivity contribution >= 4 is 0 Å². The fourth-order valence-corrected chi connectivity index (χ4v) is 2.70. The van der Waals surface area contributed by atoms with Crippen molar-refractivity contribution in [2.45, 2.75) is 18.4 Å². The Morgan fingerprint density at radius 3 is 2.29 bits per heavy atom. The lowest BCUT2D eigenvalue weighted by Gasteiger charge is -2.25. The highest BCUT2D eigenvalue weighted by molar-refractivity contribution is 5.49. The van der Waals surface area contributed by atoms with Crippen LogP contribution in [0.15, 0.2) is 48.5 Å². The molecule has 0 bridgehead atoms. The second-order valence-corrected chi connectivity index (χ2v) is 4.53. The number of rotatable bonds is 1. The summed E-state index contributed by atoms with van der Waals surface area (Å²) in [5.74, 6) is 0.159. The maximum atomic E-state index is 10.8. The molecule has 2 N–H and O–H groups in total. The summed E-state index contributed by atoms with van der Waals surface area (Å²) in [6, 6.07) is 14.9. The van der Waals surface area contributed by atoms with Gasteiger partial charge in [0, 0.05) is 5.56 Å². The molecule has 0 spiro atoms. The Kier molecular flexibility index (Phi) is 2.20. The van der Waals surface area contributed by atoms with Crippen molar-refractivity contribution < 1.29 is 10.2 Å². The van der Waals surface area contributed by atoms with Gasteiger partial charge < -0.3 is 10.2 Å². The predicted molar refractivity (Wildman–Crippen MR) is 65.9 cm³/mol. The topological polar surface area (TPSA) is 40.5 Å². The van der Waals surface area contributed by atoms with E-state index in [0.717, 1.165) is 12.0 Å². The molecule has 17 heavy (non-hydrogen) atoms. The zero-order valence-corrected chi connectivity index (χ0v) is 9.43. The molecule has 1 unspecified atom stereocenters. The largest absolute Gasteiger partial charge is 0.508 e. The van der Waals surface area contributed by atoms with E-state index in [2.05, 4.69) is 0 Å². The average molecular weight is 226 g/mol. The number of para-hydroxylation sites is 1. The van der Waals surface area contributed by atoms with Crippen LogP contribution in [0.5, 0.6) is 5.75 Å². The van der Waals surface area contributed by atoms with Gasteiger partial charge in [0.1, 0.15) is 11.4 Å². The first-order valence-electron chi connectivity index (χ1n) is 5.81. The van der Waals surface area contributed by atoms with Gasteiger partial charge in [-0.25, -0.2) is 0 Å². The first-order valence-corrected chi connectivity index (χ1v) is 5.81. The Balaban J connectivity index is 2.19. The molecule has 2 nitrogen and oxygen atoms in total. The monoisotopic (exact) mass is 226 g/mol. The number of phenolic OH excluding ortho intramolecular Hbond substituents is 1. The fraction of sp³-hybridized carbons (Fsp3) is 0.200. The van der Waals surface area contributed by atoms with Crippen LogP contribution in [0.4, 0.5) is 0 Å². The molecule has 1 aliphatic rings. The summed E-state index contributed by atoms with van der Waals surface area (Å²) < 4.78 is 0. The highest BCUT2D eigenvalue weighted by Gasteiger charge is 2.39. The molecule has 2 aromatic rings. The maximum absolute atomic E-state index is 10.8. The van der Waals surface area contributed by atoms with E-state index >= 15 is 0 Å². The summed E-state index contributed by atoms with van der Waals surface area (Å²) in [6.45, 7) is 0. The quantitative estimate of drug-likeness (QED) is 0.784. The van der Waals surface area contributed by atoms with Crippen LogP contribution in [0, 0.1) is 0 Å². The third-order valence-electron chi connectivity index (χ3n) is 3.57. The minimum absolute atomic E-state index is 0.159. The summed E-state index contributed by atoms with van der Waals surface area (Å²) in [7, 11) is 0. The maximum Gasteiger partial charge on any atom is 0.122 e. The van der Waals surface area contributed by atoms with Crippen LogP contribution in [0.2, 0.25) is 0 Å². The van der Waals surface area contributed by atoms with E-state index in [1.165, 1.54) is 5.56 Å². The van der Waals surface area contributed by atoms with Gasteiger partial charge in [-0.2, -0.15) is 0 Å². The van der Waals surface area contributed by atoms with Gasteiger partial charge in [-0.05, 0) is 30.0 Å². The molecule has 0 aromatic heterocycles. The van der Waals surface area contributed by atoms with E-state index in [1.54, 1.807) is 18.2 Å². The highest BCUT2D eigenvalue weighted by Crippen LogP contribution is 2.44. The number of aryl methyl sites for hydroxylation is 1. The Hall–Kier alpha value is -1.80. The van der Waals surface area contributed by atoms with Crippen LogP contribution < -0.4 is 0 Å². The second-order valence-electron chi connectivity index (χ2n) is 4.53. The number of phenols is 1. The summed E-state index contributed by atoms with van der Waals surface area (Å²) in [4.78, 5) is 0. The van der Waals surface area contributed by atoms with Crippen molar-refractivity contribution in [2.75, 3.05) is 0 Å². The minimum Gasteiger partial charge on any atom is -0.508 e. The van der Waals surface area contributed by atoms with Gasteiger partial charge in [0.15, 0.2) is 0 Å². The van der Waals surface area contributed by atoms with Crippen LogP contribution in [0.25, 0.3) is 0 Å². The number of fused-ring (bicyclic) bond motifs is 1. The standard InChI is InChI=1S/C15H14O2/c16-14-8-4-3-7-13(14)15(17)10-9-11-5-1-2-6-12(11)15/h1-8,16-17H,9-10H2. The van der Waals surface area contributed by atoms with E-state index in [9.17, 15) is 10.2 Å². The van der Waals surface area contributed by atoms with Crippen molar-refractivity contribution in [3.63, 3.8) is 0 Å². The molecule has 0 radical (unpaired) electrons. The number of benzene rings is 2. The van der Waals surface area contributed by atoms with Gasteiger partial charge in [-0.15, -0.1) is 0 Å². The molecule has 2 heteroatoms. The zero-order chi connectivity index (χ0) is 11.9. The van der Waals surface area contributed by atoms with Gasteiger partial charge in [0.25, 0.3) is 0 Å². The van der Waals surface area contributed by atoms with E-state index in [1.807, 2.05) is 30.3 Å². The molecular formula is C15H14O2. The Morgan fingerprint density at radius 2 is 1.53 bits per heavy atom. The van der Waals surface area contributed by atoms with Crippen molar-refractivity contribution in [1.82, 2.24) is 0 Å². The van der Waals surface area contributed by atoms with Crippen LogP contribution in [0.1, 0.15) is 23.1 Å². The van der Waals surface area contributed by atoms with E-state index < -0.39 is 5.60 Å². The van der Waals surface area contributed by atoms with Gasteiger partial charge >= 0.3 is 0 Å². The molecule has 0 amide bonds. The number of aromatic hydroxyl groups is 1. The molecule has 3 rings (SSSR count). The van der Waals surface area contributed by atoms with Crippen LogP contribution in [0.3, 0.4) is 0 Å². The fourth-order valence-electron chi connectivity index (χ4n) is 2.70. The third kappa shape index (κ3) is 1.45. The van der Waals surface area contributed by atoms with Crippen LogP contribution in [-0.4, -0.2) is 10.2 Å². The first-order chi connectivity index (χ1) is 8.22. The van der Waals surface area contributed by atoms with E-state index in [0.29, 0.717) is 12.0 Å². The number of aliphatic hydroxyl groups is 1. The van der Waals surface area contributed by atoms with Gasteiger partial charge in [0.05, 0.1) is 0 Å². The van der Waals surface area contributed by atoms with Crippen molar-refractivity contribution in [2.24, 2.45) is 0 Å². The minimum atomic E-state index is -1.04. The van der Waals surface area contributed by atoms with Gasteiger partial charge in [0.2, 0.25) is 0 Å². The summed E-state index contributed by atoms with van der Waals surface area (Å²) in [5.41, 5.74) is 1.65. The summed E-state index contributed by atoms with van der Waals surface area (Å²) in [6.07, 6.45) is 1.48. The number of hydrogen-bond donors (Lipinski definition) is 2. The van der Waals surface area contributed by atoms with Crippen LogP contribution >= 0.6 is 0 Å². The molecule has 1 aliphatic carbocycles. The zero-order valence-electron chi connectivity index (χ0n) is 9.43. The molecule has 2 aromatic carbocycles. The molecular weight excluding hydrogens is 212 g/mol. The lowest BCUT2D eigenvalue weighted by molar-refractivity contribution is 0.0802. The van der Waals surface area contributed by atoms with Crippen LogP contribution in [-0.2, 0) is 12.0 Å². The smallest absolute Gasteiger partial charge is 0.122 e. The molecule has 0 saturated carbocycles. The highest BCUT2D eigenvalue weighted by atomic mass is 16.3. The Bertz CT molecular complexity index is 562. The Labute approximate surface area is 100 Å².